The third-order valence-corrected chi connectivity index (χ3v) is 2.45. The van der Waals surface area contributed by atoms with Gasteiger partial charge in [0.15, 0.2) is 0 Å². The molecule has 0 saturated heterocycles. The Hall–Kier alpha value is -0.860. The molecule has 1 atom stereocenters. The zero-order chi connectivity index (χ0) is 8.39. The molecule has 0 heterocycles. The van der Waals surface area contributed by atoms with Gasteiger partial charge in [-0.15, -0.1) is 0 Å². The zero-order valence-corrected chi connectivity index (χ0v) is 6.86. The van der Waals surface area contributed by atoms with Gasteiger partial charge >= 0.3 is 0 Å². The molecular formula is C10H12O2. The monoisotopic (exact) mass is 164 g/mol. The standard InChI is InChI=1S/C10H12O2/c11-12-10-6-5-8-3-1-2-4-9(8)7-10/h1-4,10-11H,5-7H2. The van der Waals surface area contributed by atoms with Crippen molar-refractivity contribution in [1.29, 1.82) is 0 Å². The van der Waals surface area contributed by atoms with Crippen molar-refractivity contribution in [2.45, 2.75) is 25.4 Å². The van der Waals surface area contributed by atoms with E-state index in [2.05, 4.69) is 23.1 Å². The molecular weight excluding hydrogens is 152 g/mol. The van der Waals surface area contributed by atoms with Gasteiger partial charge in [0, 0.05) is 6.42 Å². The predicted octanol–water partition coefficient (Wildman–Crippen LogP) is 2.03. The fourth-order valence-electron chi connectivity index (χ4n) is 1.75. The summed E-state index contributed by atoms with van der Waals surface area (Å²) in [6.07, 6.45) is 2.78. The van der Waals surface area contributed by atoms with E-state index in [1.54, 1.807) is 0 Å². The second-order valence-electron chi connectivity index (χ2n) is 3.24. The highest BCUT2D eigenvalue weighted by Gasteiger charge is 2.18. The molecule has 0 aliphatic heterocycles. The average Bonchev–Trinajstić information content (AvgIpc) is 2.17. The van der Waals surface area contributed by atoms with E-state index < -0.39 is 0 Å². The molecule has 1 aliphatic rings. The maximum Gasteiger partial charge on any atom is 0.0970 e. The van der Waals surface area contributed by atoms with Crippen molar-refractivity contribution in [2.75, 3.05) is 0 Å². The summed E-state index contributed by atoms with van der Waals surface area (Å²) in [5, 5.41) is 8.52. The Morgan fingerprint density at radius 2 is 2.00 bits per heavy atom. The summed E-state index contributed by atoms with van der Waals surface area (Å²) >= 11 is 0. The molecule has 0 bridgehead atoms. The first-order valence-electron chi connectivity index (χ1n) is 4.27. The second-order valence-corrected chi connectivity index (χ2v) is 3.24. The third-order valence-electron chi connectivity index (χ3n) is 2.45. The number of aryl methyl sites for hydroxylation is 1. The van der Waals surface area contributed by atoms with Crippen LogP contribution in [0.3, 0.4) is 0 Å². The van der Waals surface area contributed by atoms with Gasteiger partial charge < -0.3 is 0 Å². The Labute approximate surface area is 71.7 Å². The minimum Gasteiger partial charge on any atom is -0.252 e. The van der Waals surface area contributed by atoms with Gasteiger partial charge in [0.05, 0.1) is 6.10 Å². The number of hydrogen-bond acceptors (Lipinski definition) is 2. The SMILES string of the molecule is OOC1CCc2ccccc2C1. The minimum atomic E-state index is -0.0000926. The van der Waals surface area contributed by atoms with E-state index in [9.17, 15) is 0 Å². The van der Waals surface area contributed by atoms with Gasteiger partial charge in [-0.05, 0) is 24.0 Å². The van der Waals surface area contributed by atoms with Crippen molar-refractivity contribution < 1.29 is 10.1 Å². The summed E-state index contributed by atoms with van der Waals surface area (Å²) in [4.78, 5) is 4.35. The summed E-state index contributed by atoms with van der Waals surface area (Å²) in [6, 6.07) is 8.32. The Bertz CT molecular complexity index is 270. The van der Waals surface area contributed by atoms with E-state index in [1.807, 2.05) is 6.07 Å². The molecule has 0 fully saturated rings. The van der Waals surface area contributed by atoms with Crippen molar-refractivity contribution in [2.24, 2.45) is 0 Å². The van der Waals surface area contributed by atoms with Crippen LogP contribution >= 0.6 is 0 Å². The first-order chi connectivity index (χ1) is 5.90. The van der Waals surface area contributed by atoms with Gasteiger partial charge in [0.25, 0.3) is 0 Å². The Balaban J connectivity index is 2.23. The van der Waals surface area contributed by atoms with Crippen LogP contribution in [0.15, 0.2) is 24.3 Å². The van der Waals surface area contributed by atoms with Gasteiger partial charge in [-0.2, -0.15) is 0 Å². The first kappa shape index (κ1) is 7.77. The van der Waals surface area contributed by atoms with Crippen LogP contribution in [0.4, 0.5) is 0 Å². The zero-order valence-electron chi connectivity index (χ0n) is 6.86. The Morgan fingerprint density at radius 3 is 2.75 bits per heavy atom. The van der Waals surface area contributed by atoms with Gasteiger partial charge in [-0.1, -0.05) is 24.3 Å². The second kappa shape index (κ2) is 3.25. The molecule has 64 valence electrons. The maximum atomic E-state index is 8.52. The predicted molar refractivity (Wildman–Crippen MR) is 46.0 cm³/mol. The normalized spacial score (nSPS) is 21.9. The van der Waals surface area contributed by atoms with Crippen molar-refractivity contribution in [3.05, 3.63) is 35.4 Å². The van der Waals surface area contributed by atoms with Gasteiger partial charge in [-0.3, -0.25) is 5.26 Å². The van der Waals surface area contributed by atoms with Crippen molar-refractivity contribution in [1.82, 2.24) is 0 Å². The quantitative estimate of drug-likeness (QED) is 0.508. The lowest BCUT2D eigenvalue weighted by molar-refractivity contribution is -0.280. The highest BCUT2D eigenvalue weighted by Crippen LogP contribution is 2.22. The topological polar surface area (TPSA) is 29.5 Å². The molecule has 0 aromatic heterocycles. The van der Waals surface area contributed by atoms with E-state index in [4.69, 9.17) is 5.26 Å². The summed E-state index contributed by atoms with van der Waals surface area (Å²) in [5.74, 6) is 0. The molecule has 2 rings (SSSR count). The highest BCUT2D eigenvalue weighted by molar-refractivity contribution is 5.29. The largest absolute Gasteiger partial charge is 0.252 e. The third kappa shape index (κ3) is 1.36. The number of hydrogen-bond donors (Lipinski definition) is 1. The number of rotatable bonds is 1. The van der Waals surface area contributed by atoms with Crippen LogP contribution in [-0.4, -0.2) is 11.4 Å². The lowest BCUT2D eigenvalue weighted by Gasteiger charge is -2.21. The lowest BCUT2D eigenvalue weighted by Crippen LogP contribution is -2.20. The van der Waals surface area contributed by atoms with Gasteiger partial charge in [0.1, 0.15) is 0 Å². The van der Waals surface area contributed by atoms with Crippen LogP contribution in [-0.2, 0) is 17.7 Å². The van der Waals surface area contributed by atoms with Crippen molar-refractivity contribution >= 4 is 0 Å². The first-order valence-corrected chi connectivity index (χ1v) is 4.27. The molecule has 12 heavy (non-hydrogen) atoms. The molecule has 0 amide bonds. The molecule has 2 nitrogen and oxygen atoms in total. The molecule has 1 N–H and O–H groups in total. The fourth-order valence-corrected chi connectivity index (χ4v) is 1.75. The molecule has 1 aromatic carbocycles. The highest BCUT2D eigenvalue weighted by atomic mass is 17.1. The van der Waals surface area contributed by atoms with E-state index in [0.717, 1.165) is 19.3 Å². The van der Waals surface area contributed by atoms with Crippen LogP contribution in [0.5, 0.6) is 0 Å². The van der Waals surface area contributed by atoms with Crippen LogP contribution in [0.2, 0.25) is 0 Å². The molecule has 2 heteroatoms. The van der Waals surface area contributed by atoms with Crippen molar-refractivity contribution in [3.63, 3.8) is 0 Å². The van der Waals surface area contributed by atoms with Crippen LogP contribution in [0.1, 0.15) is 17.5 Å². The molecule has 0 radical (unpaired) electrons. The van der Waals surface area contributed by atoms with E-state index in [0.29, 0.717) is 0 Å². The van der Waals surface area contributed by atoms with Crippen LogP contribution in [0.25, 0.3) is 0 Å². The maximum absolute atomic E-state index is 8.52. The molecule has 0 spiro atoms. The molecule has 0 saturated carbocycles. The summed E-state index contributed by atoms with van der Waals surface area (Å²) in [5.41, 5.74) is 2.70. The van der Waals surface area contributed by atoms with Crippen LogP contribution < -0.4 is 0 Å². The average molecular weight is 164 g/mol. The Morgan fingerprint density at radius 1 is 1.25 bits per heavy atom. The van der Waals surface area contributed by atoms with E-state index >= 15 is 0 Å². The molecule has 1 aromatic rings. The number of fused-ring (bicyclic) bond motifs is 1. The minimum absolute atomic E-state index is 0.0000926. The fraction of sp³-hybridized carbons (Fsp3) is 0.400. The number of benzene rings is 1. The lowest BCUT2D eigenvalue weighted by atomic mass is 9.90. The Kier molecular flexibility index (Phi) is 2.11. The van der Waals surface area contributed by atoms with Gasteiger partial charge in [-0.25, -0.2) is 4.89 Å². The smallest absolute Gasteiger partial charge is 0.0970 e. The summed E-state index contributed by atoms with van der Waals surface area (Å²) in [6.45, 7) is 0. The van der Waals surface area contributed by atoms with E-state index in [-0.39, 0.29) is 6.10 Å². The molecule has 1 aliphatic carbocycles. The van der Waals surface area contributed by atoms with Gasteiger partial charge in [0.2, 0.25) is 0 Å². The van der Waals surface area contributed by atoms with Crippen LogP contribution in [0, 0.1) is 0 Å². The summed E-state index contributed by atoms with van der Waals surface area (Å²) in [7, 11) is 0. The summed E-state index contributed by atoms with van der Waals surface area (Å²) < 4.78 is 0. The molecule has 1 unspecified atom stereocenters. The van der Waals surface area contributed by atoms with E-state index in [1.165, 1.54) is 11.1 Å². The van der Waals surface area contributed by atoms with Crippen molar-refractivity contribution in [3.8, 4) is 0 Å².